The third-order valence-corrected chi connectivity index (χ3v) is 8.51. The number of aromatic nitrogens is 1. The molecule has 3 aliphatic heterocycles. The predicted octanol–water partition coefficient (Wildman–Crippen LogP) is 6.58. The van der Waals surface area contributed by atoms with Gasteiger partial charge in [-0.15, -0.1) is 24.8 Å². The molecule has 4 heterocycles. The summed E-state index contributed by atoms with van der Waals surface area (Å²) < 4.78 is 41.3. The van der Waals surface area contributed by atoms with Crippen molar-refractivity contribution >= 4 is 48.2 Å². The standard InChI is InChI=1S/C31H31F3N4O3.2ClH/c32-31(33,34)27-7-4-14-37(27)18-22-17-23(8-9-24(22)20-5-2-1-3-6-20)38-19-26-25(29(38)39)10-11-28(35-26)36-15-12-21(13-16-36)30(40)41;;/h1-3,5-6,8-11,17,21,27H,4,7,12-16,18-19H2,(H,40,41);2*1H/t27-;;/m0../s1. The van der Waals surface area contributed by atoms with Gasteiger partial charge in [-0.2, -0.15) is 13.2 Å². The Morgan fingerprint density at radius 1 is 0.930 bits per heavy atom. The molecule has 3 aromatic rings. The smallest absolute Gasteiger partial charge is 0.404 e. The number of carboxylic acids is 1. The van der Waals surface area contributed by atoms with Gasteiger partial charge in [0, 0.05) is 25.3 Å². The van der Waals surface area contributed by atoms with Crippen molar-refractivity contribution in [2.45, 2.75) is 51.0 Å². The number of carbonyl (C=O) groups excluding carboxylic acids is 1. The second kappa shape index (κ2) is 13.1. The molecule has 6 rings (SSSR count). The van der Waals surface area contributed by atoms with Gasteiger partial charge in [-0.25, -0.2) is 4.98 Å². The minimum atomic E-state index is -4.29. The maximum atomic E-state index is 13.8. The van der Waals surface area contributed by atoms with Gasteiger partial charge in [-0.1, -0.05) is 36.4 Å². The Bertz CT molecular complexity index is 1470. The minimum absolute atomic E-state index is 0. The number of aliphatic carboxylic acids is 1. The van der Waals surface area contributed by atoms with E-state index in [0.29, 0.717) is 55.8 Å². The number of carbonyl (C=O) groups is 2. The van der Waals surface area contributed by atoms with Crippen molar-refractivity contribution in [1.29, 1.82) is 0 Å². The maximum Gasteiger partial charge on any atom is 0.404 e. The lowest BCUT2D eigenvalue weighted by molar-refractivity contribution is -0.177. The van der Waals surface area contributed by atoms with Gasteiger partial charge in [0.05, 0.1) is 23.7 Å². The Labute approximate surface area is 260 Å². The lowest BCUT2D eigenvalue weighted by Gasteiger charge is -2.31. The molecular formula is C31H33Cl2F3N4O3. The highest BCUT2D eigenvalue weighted by atomic mass is 35.5. The summed E-state index contributed by atoms with van der Waals surface area (Å²) in [4.78, 5) is 34.7. The van der Waals surface area contributed by atoms with Crippen molar-refractivity contribution in [2.24, 2.45) is 5.92 Å². The van der Waals surface area contributed by atoms with Crippen LogP contribution in [-0.4, -0.2) is 58.7 Å². The van der Waals surface area contributed by atoms with E-state index in [1.54, 1.807) is 17.0 Å². The number of benzene rings is 2. The second-order valence-electron chi connectivity index (χ2n) is 11.0. The number of rotatable bonds is 6. The van der Waals surface area contributed by atoms with Gasteiger partial charge >= 0.3 is 12.1 Å². The molecule has 43 heavy (non-hydrogen) atoms. The number of amides is 1. The van der Waals surface area contributed by atoms with Crippen LogP contribution in [-0.2, 0) is 17.9 Å². The van der Waals surface area contributed by atoms with Crippen LogP contribution in [0.4, 0.5) is 24.7 Å². The first-order valence-corrected chi connectivity index (χ1v) is 14.0. The molecule has 0 saturated carbocycles. The molecule has 0 spiro atoms. The van der Waals surface area contributed by atoms with Crippen LogP contribution in [0.15, 0.2) is 60.7 Å². The van der Waals surface area contributed by atoms with Crippen molar-refractivity contribution < 1.29 is 27.9 Å². The van der Waals surface area contributed by atoms with Gasteiger partial charge < -0.3 is 14.9 Å². The van der Waals surface area contributed by atoms with E-state index in [1.807, 2.05) is 53.4 Å². The molecule has 2 aromatic carbocycles. The first-order chi connectivity index (χ1) is 19.7. The first kappa shape index (κ1) is 32.6. The number of likely N-dealkylation sites (tertiary alicyclic amines) is 1. The molecule has 0 unspecified atom stereocenters. The van der Waals surface area contributed by atoms with Gasteiger partial charge in [-0.3, -0.25) is 14.5 Å². The molecule has 7 nitrogen and oxygen atoms in total. The molecule has 3 aliphatic rings. The topological polar surface area (TPSA) is 77.0 Å². The number of pyridine rings is 1. The van der Waals surface area contributed by atoms with Crippen molar-refractivity contribution in [3.05, 3.63) is 77.5 Å². The summed E-state index contributed by atoms with van der Waals surface area (Å²) in [7, 11) is 0. The van der Waals surface area contributed by atoms with Crippen molar-refractivity contribution in [1.82, 2.24) is 9.88 Å². The van der Waals surface area contributed by atoms with Crippen molar-refractivity contribution in [3.63, 3.8) is 0 Å². The lowest BCUT2D eigenvalue weighted by Crippen LogP contribution is -2.40. The summed E-state index contributed by atoms with van der Waals surface area (Å²) >= 11 is 0. The third-order valence-electron chi connectivity index (χ3n) is 8.51. The molecule has 2 fully saturated rings. The molecule has 1 amide bonds. The summed E-state index contributed by atoms with van der Waals surface area (Å²) in [5.41, 5.74) is 4.25. The van der Waals surface area contributed by atoms with Crippen molar-refractivity contribution in [3.8, 4) is 11.1 Å². The average Bonchev–Trinajstić information content (AvgIpc) is 3.58. The molecule has 0 aliphatic carbocycles. The third kappa shape index (κ3) is 6.61. The SMILES string of the molecule is Cl.Cl.O=C(O)C1CCN(c2ccc3c(n2)CN(c2ccc(-c4ccccc4)c(CN4CCC[C@H]4C(F)(F)F)c2)C3=O)CC1. The number of hydrogen-bond donors (Lipinski definition) is 1. The number of nitrogens with zero attached hydrogens (tertiary/aromatic N) is 4. The van der Waals surface area contributed by atoms with Crippen LogP contribution in [0.2, 0.25) is 0 Å². The van der Waals surface area contributed by atoms with Crippen LogP contribution < -0.4 is 9.80 Å². The fourth-order valence-electron chi connectivity index (χ4n) is 6.30. The molecule has 230 valence electrons. The van der Waals surface area contributed by atoms with E-state index < -0.39 is 18.2 Å². The molecule has 1 atom stereocenters. The summed E-state index contributed by atoms with van der Waals surface area (Å²) in [5, 5.41) is 9.29. The Kier molecular flexibility index (Phi) is 9.93. The van der Waals surface area contributed by atoms with E-state index in [2.05, 4.69) is 0 Å². The Morgan fingerprint density at radius 2 is 1.63 bits per heavy atom. The monoisotopic (exact) mass is 636 g/mol. The van der Waals surface area contributed by atoms with E-state index >= 15 is 0 Å². The van der Waals surface area contributed by atoms with Crippen molar-refractivity contribution in [2.75, 3.05) is 29.4 Å². The van der Waals surface area contributed by atoms with Crippen LogP contribution in [0.5, 0.6) is 0 Å². The fourth-order valence-corrected chi connectivity index (χ4v) is 6.30. The van der Waals surface area contributed by atoms with Gasteiger partial charge in [0.1, 0.15) is 11.9 Å². The van der Waals surface area contributed by atoms with E-state index in [1.165, 1.54) is 4.90 Å². The largest absolute Gasteiger partial charge is 0.481 e. The van der Waals surface area contributed by atoms with Crippen LogP contribution in [0.1, 0.15) is 47.3 Å². The zero-order valence-electron chi connectivity index (χ0n) is 23.3. The molecular weight excluding hydrogens is 604 g/mol. The fraction of sp³-hybridized carbons (Fsp3) is 0.387. The first-order valence-electron chi connectivity index (χ1n) is 14.0. The lowest BCUT2D eigenvalue weighted by atomic mass is 9.97. The number of piperidine rings is 1. The van der Waals surface area contributed by atoms with Crippen LogP contribution in [0.3, 0.4) is 0 Å². The summed E-state index contributed by atoms with van der Waals surface area (Å²) in [6, 6.07) is 17.2. The predicted molar refractivity (Wildman–Crippen MR) is 163 cm³/mol. The van der Waals surface area contributed by atoms with E-state index in [0.717, 1.165) is 22.5 Å². The number of fused-ring (bicyclic) bond motifs is 1. The quantitative estimate of drug-likeness (QED) is 0.329. The summed E-state index contributed by atoms with van der Waals surface area (Å²) in [6.07, 6.45) is -2.62. The Morgan fingerprint density at radius 3 is 2.30 bits per heavy atom. The minimum Gasteiger partial charge on any atom is -0.481 e. The maximum absolute atomic E-state index is 13.8. The highest BCUT2D eigenvalue weighted by Crippen LogP contribution is 2.37. The molecule has 0 radical (unpaired) electrons. The van der Waals surface area contributed by atoms with Gasteiger partial charge in [0.2, 0.25) is 0 Å². The number of alkyl halides is 3. The van der Waals surface area contributed by atoms with Crippen LogP contribution in [0, 0.1) is 5.92 Å². The molecule has 0 bridgehead atoms. The highest BCUT2D eigenvalue weighted by Gasteiger charge is 2.46. The number of carboxylic acid groups (broad SMARTS) is 1. The normalized spacial score (nSPS) is 19.1. The summed E-state index contributed by atoms with van der Waals surface area (Å²) in [6.45, 7) is 1.92. The average molecular weight is 638 g/mol. The summed E-state index contributed by atoms with van der Waals surface area (Å²) in [5.74, 6) is -0.604. The second-order valence-corrected chi connectivity index (χ2v) is 11.0. The van der Waals surface area contributed by atoms with Gasteiger partial charge in [-0.05, 0) is 73.2 Å². The molecule has 2 saturated heterocycles. The zero-order chi connectivity index (χ0) is 28.7. The zero-order valence-corrected chi connectivity index (χ0v) is 24.9. The van der Waals surface area contributed by atoms with Crippen LogP contribution in [0.25, 0.3) is 11.1 Å². The number of anilines is 2. The highest BCUT2D eigenvalue weighted by molar-refractivity contribution is 6.09. The van der Waals surface area contributed by atoms with E-state index in [9.17, 15) is 27.9 Å². The Balaban J connectivity index is 0.00000212. The van der Waals surface area contributed by atoms with Crippen LogP contribution >= 0.6 is 24.8 Å². The molecule has 12 heteroatoms. The van der Waals surface area contributed by atoms with E-state index in [4.69, 9.17) is 4.98 Å². The number of halogens is 5. The van der Waals surface area contributed by atoms with Gasteiger partial charge in [0.25, 0.3) is 5.91 Å². The molecule has 1 N–H and O–H groups in total. The van der Waals surface area contributed by atoms with E-state index in [-0.39, 0.29) is 56.1 Å². The Hall–Kier alpha value is -3.34. The molecule has 1 aromatic heterocycles. The van der Waals surface area contributed by atoms with Gasteiger partial charge in [0.15, 0.2) is 0 Å². The number of hydrogen-bond acceptors (Lipinski definition) is 5.